The van der Waals surface area contributed by atoms with Crippen LogP contribution in [-0.2, 0) is 0 Å². The monoisotopic (exact) mass is 382 g/mol. The number of hydrogen-bond donors (Lipinski definition) is 0. The Hall–Kier alpha value is -2.80. The van der Waals surface area contributed by atoms with Gasteiger partial charge < -0.3 is 13.9 Å². The lowest BCUT2D eigenvalue weighted by atomic mass is 10.0. The molecule has 0 spiro atoms. The van der Waals surface area contributed by atoms with Gasteiger partial charge in [-0.1, -0.05) is 23.9 Å². The van der Waals surface area contributed by atoms with E-state index < -0.39 is 0 Å². The highest BCUT2D eigenvalue weighted by molar-refractivity contribution is 8.00. The highest BCUT2D eigenvalue weighted by Gasteiger charge is 2.21. The molecule has 0 saturated carbocycles. The van der Waals surface area contributed by atoms with E-state index in [2.05, 4.69) is 10.2 Å². The lowest BCUT2D eigenvalue weighted by molar-refractivity contribution is 0.0993. The highest BCUT2D eigenvalue weighted by Crippen LogP contribution is 2.36. The minimum absolute atomic E-state index is 0.0333. The maximum absolute atomic E-state index is 12.7. The number of hydrogen-bond acceptors (Lipinski definition) is 7. The molecule has 0 saturated heterocycles. The molecule has 6 nitrogen and oxygen atoms in total. The summed E-state index contributed by atoms with van der Waals surface area (Å²) in [5, 5.41) is 8.15. The van der Waals surface area contributed by atoms with Crippen LogP contribution < -0.4 is 9.47 Å². The number of rotatable bonds is 5. The second-order valence-corrected chi connectivity index (χ2v) is 7.66. The molecule has 0 unspecified atom stereocenters. The maximum Gasteiger partial charge on any atom is 0.277 e. The fourth-order valence-corrected chi connectivity index (χ4v) is 3.50. The molecule has 1 aromatic heterocycles. The van der Waals surface area contributed by atoms with E-state index in [0.717, 1.165) is 16.7 Å². The van der Waals surface area contributed by atoms with Gasteiger partial charge in [0.05, 0.1) is 5.25 Å². The summed E-state index contributed by atoms with van der Waals surface area (Å²) < 4.78 is 16.4. The second-order valence-electron chi connectivity index (χ2n) is 6.36. The first-order chi connectivity index (χ1) is 13.0. The van der Waals surface area contributed by atoms with Gasteiger partial charge in [0.2, 0.25) is 12.7 Å². The van der Waals surface area contributed by atoms with Gasteiger partial charge in [0, 0.05) is 11.1 Å². The summed E-state index contributed by atoms with van der Waals surface area (Å²) in [5.41, 5.74) is 3.69. The van der Waals surface area contributed by atoms with Crippen molar-refractivity contribution >= 4 is 17.5 Å². The van der Waals surface area contributed by atoms with Crippen LogP contribution in [0.5, 0.6) is 11.5 Å². The average molecular weight is 382 g/mol. The number of aromatic nitrogens is 2. The third-order valence-electron chi connectivity index (χ3n) is 4.46. The molecule has 1 aliphatic rings. The average Bonchev–Trinajstić information content (AvgIpc) is 3.31. The number of Topliss-reactive ketones (excluding diaryl/α,β-unsaturated/α-hetero) is 1. The van der Waals surface area contributed by atoms with Gasteiger partial charge in [-0.05, 0) is 56.2 Å². The third kappa shape index (κ3) is 3.55. The zero-order valence-electron chi connectivity index (χ0n) is 15.2. The Balaban J connectivity index is 1.48. The maximum atomic E-state index is 12.7. The lowest BCUT2D eigenvalue weighted by Crippen LogP contribution is -2.13. The number of carbonyl (C=O) groups is 1. The summed E-state index contributed by atoms with van der Waals surface area (Å²) in [6.07, 6.45) is 0. The predicted molar refractivity (Wildman–Crippen MR) is 101 cm³/mol. The van der Waals surface area contributed by atoms with Crippen molar-refractivity contribution in [1.29, 1.82) is 0 Å². The molecule has 4 rings (SSSR count). The van der Waals surface area contributed by atoms with E-state index in [1.54, 1.807) is 12.1 Å². The molecule has 3 aromatic rings. The molecule has 27 heavy (non-hydrogen) atoms. The molecule has 0 aliphatic carbocycles. The lowest BCUT2D eigenvalue weighted by Gasteiger charge is -2.09. The highest BCUT2D eigenvalue weighted by atomic mass is 32.2. The molecule has 2 aromatic carbocycles. The van der Waals surface area contributed by atoms with Gasteiger partial charge in [0.1, 0.15) is 0 Å². The number of carbonyl (C=O) groups excluding carboxylic acids is 1. The molecule has 2 heterocycles. The van der Waals surface area contributed by atoms with Crippen molar-refractivity contribution in [2.24, 2.45) is 0 Å². The van der Waals surface area contributed by atoms with Crippen LogP contribution in [-0.4, -0.2) is 28.0 Å². The van der Waals surface area contributed by atoms with Crippen molar-refractivity contribution in [2.45, 2.75) is 31.2 Å². The van der Waals surface area contributed by atoms with Crippen molar-refractivity contribution in [1.82, 2.24) is 10.2 Å². The molecule has 7 heteroatoms. The van der Waals surface area contributed by atoms with Crippen LogP contribution in [0.25, 0.3) is 11.5 Å². The van der Waals surface area contributed by atoms with Gasteiger partial charge in [0.25, 0.3) is 5.22 Å². The molecular formula is C20H18N2O4S. The van der Waals surface area contributed by atoms with Crippen LogP contribution in [0.15, 0.2) is 46.0 Å². The Morgan fingerprint density at radius 3 is 2.67 bits per heavy atom. The number of thioether (sulfide) groups is 1. The van der Waals surface area contributed by atoms with Gasteiger partial charge in [-0.3, -0.25) is 4.79 Å². The largest absolute Gasteiger partial charge is 0.454 e. The van der Waals surface area contributed by atoms with E-state index in [1.807, 2.05) is 45.0 Å². The van der Waals surface area contributed by atoms with E-state index in [0.29, 0.717) is 28.2 Å². The summed E-state index contributed by atoms with van der Waals surface area (Å²) in [4.78, 5) is 12.7. The van der Waals surface area contributed by atoms with Crippen molar-refractivity contribution in [3.63, 3.8) is 0 Å². The summed E-state index contributed by atoms with van der Waals surface area (Å²) in [7, 11) is 0. The van der Waals surface area contributed by atoms with E-state index in [9.17, 15) is 4.79 Å². The smallest absolute Gasteiger partial charge is 0.277 e. The van der Waals surface area contributed by atoms with Gasteiger partial charge in [-0.25, -0.2) is 0 Å². The number of aryl methyl sites for hydroxylation is 2. The summed E-state index contributed by atoms with van der Waals surface area (Å²) in [5.74, 6) is 1.76. The number of fused-ring (bicyclic) bond motifs is 1. The van der Waals surface area contributed by atoms with Crippen molar-refractivity contribution in [2.75, 3.05) is 6.79 Å². The van der Waals surface area contributed by atoms with E-state index in [-0.39, 0.29) is 17.8 Å². The van der Waals surface area contributed by atoms with Crippen molar-refractivity contribution < 1.29 is 18.7 Å². The summed E-state index contributed by atoms with van der Waals surface area (Å²) in [6, 6.07) is 11.2. The Kier molecular flexibility index (Phi) is 4.61. The standard InChI is InChI=1S/C20H18N2O4S/c1-11-4-5-14(8-12(11)2)18(23)13(3)27-20-22-21-19(26-20)15-6-7-16-17(9-15)25-10-24-16/h4-9,13H,10H2,1-3H3/t13-/m0/s1. The third-order valence-corrected chi connectivity index (χ3v) is 5.40. The van der Waals surface area contributed by atoms with Gasteiger partial charge in [-0.2, -0.15) is 0 Å². The zero-order valence-corrected chi connectivity index (χ0v) is 16.0. The van der Waals surface area contributed by atoms with Crippen molar-refractivity contribution in [3.8, 4) is 23.0 Å². The first-order valence-corrected chi connectivity index (χ1v) is 9.41. The van der Waals surface area contributed by atoms with Crippen LogP contribution in [0.4, 0.5) is 0 Å². The molecular weight excluding hydrogens is 364 g/mol. The van der Waals surface area contributed by atoms with Crippen LogP contribution in [0, 0.1) is 13.8 Å². The molecule has 0 amide bonds. The topological polar surface area (TPSA) is 74.5 Å². The minimum Gasteiger partial charge on any atom is -0.454 e. The Bertz CT molecular complexity index is 1010. The molecule has 138 valence electrons. The van der Waals surface area contributed by atoms with E-state index >= 15 is 0 Å². The van der Waals surface area contributed by atoms with Crippen molar-refractivity contribution in [3.05, 3.63) is 53.1 Å². The second kappa shape index (κ2) is 7.08. The van der Waals surface area contributed by atoms with Crippen LogP contribution in [0.2, 0.25) is 0 Å². The van der Waals surface area contributed by atoms with Gasteiger partial charge in [-0.15, -0.1) is 10.2 Å². The zero-order chi connectivity index (χ0) is 19.0. The summed E-state index contributed by atoms with van der Waals surface area (Å²) in [6.45, 7) is 6.08. The quantitative estimate of drug-likeness (QED) is 0.477. The Morgan fingerprint density at radius 2 is 1.85 bits per heavy atom. The number of ketones is 1. The SMILES string of the molecule is Cc1ccc(C(=O)[C@H](C)Sc2nnc(-c3ccc4c(c3)OCO4)o2)cc1C. The Morgan fingerprint density at radius 1 is 1.04 bits per heavy atom. The molecule has 0 fully saturated rings. The minimum atomic E-state index is -0.336. The summed E-state index contributed by atoms with van der Waals surface area (Å²) >= 11 is 1.25. The molecule has 0 bridgehead atoms. The van der Waals surface area contributed by atoms with E-state index in [1.165, 1.54) is 11.8 Å². The van der Waals surface area contributed by atoms with E-state index in [4.69, 9.17) is 13.9 Å². The predicted octanol–water partition coefficient (Wildman–Crippen LogP) is 4.45. The number of ether oxygens (including phenoxy) is 2. The van der Waals surface area contributed by atoms with Crippen LogP contribution in [0.3, 0.4) is 0 Å². The number of benzene rings is 2. The first-order valence-electron chi connectivity index (χ1n) is 8.53. The normalized spacial score (nSPS) is 13.6. The Labute approximate surface area is 160 Å². The first kappa shape index (κ1) is 17.6. The van der Waals surface area contributed by atoms with Gasteiger partial charge in [0.15, 0.2) is 17.3 Å². The van der Waals surface area contributed by atoms with Crippen LogP contribution in [0.1, 0.15) is 28.4 Å². The molecule has 0 radical (unpaired) electrons. The molecule has 1 atom stereocenters. The van der Waals surface area contributed by atoms with Crippen LogP contribution >= 0.6 is 11.8 Å². The fraction of sp³-hybridized carbons (Fsp3) is 0.250. The number of nitrogens with zero attached hydrogens (tertiary/aromatic N) is 2. The fourth-order valence-electron chi connectivity index (χ4n) is 2.74. The van der Waals surface area contributed by atoms with Gasteiger partial charge >= 0.3 is 0 Å². The molecule has 1 aliphatic heterocycles. The molecule has 0 N–H and O–H groups in total.